The molecule has 0 aliphatic rings. The molecular weight excluding hydrogens is 691 g/mol. The summed E-state index contributed by atoms with van der Waals surface area (Å²) in [6.07, 6.45) is 0. The van der Waals surface area contributed by atoms with Crippen LogP contribution in [-0.2, 0) is 0 Å². The lowest BCUT2D eigenvalue weighted by Gasteiger charge is -2.34. The van der Waals surface area contributed by atoms with Crippen LogP contribution in [0, 0.1) is 0 Å². The van der Waals surface area contributed by atoms with Crippen molar-refractivity contribution in [3.63, 3.8) is 0 Å². The zero-order chi connectivity index (χ0) is 37.1. The average molecular weight is 728 g/mol. The molecule has 0 fully saturated rings. The first-order chi connectivity index (χ1) is 27.8. The van der Waals surface area contributed by atoms with Gasteiger partial charge in [0.25, 0.3) is 0 Å². The third-order valence-corrected chi connectivity index (χ3v) is 16.7. The highest BCUT2D eigenvalue weighted by atomic mass is 28.3. The van der Waals surface area contributed by atoms with Crippen LogP contribution in [0.3, 0.4) is 0 Å². The van der Waals surface area contributed by atoms with Crippen molar-refractivity contribution < 1.29 is 0 Å². The van der Waals surface area contributed by atoms with Gasteiger partial charge in [0.2, 0.25) is 0 Å². The molecule has 2 heteroatoms. The summed E-state index contributed by atoms with van der Waals surface area (Å²) in [6.45, 7) is 0. The van der Waals surface area contributed by atoms with Gasteiger partial charge in [-0.3, -0.25) is 0 Å². The van der Waals surface area contributed by atoms with E-state index in [1.807, 2.05) is 0 Å². The molecule has 0 spiro atoms. The number of rotatable bonds is 6. The maximum absolute atomic E-state index is 2.81. The number of nitrogens with zero attached hydrogens (tertiary/aromatic N) is 1. The van der Waals surface area contributed by atoms with E-state index in [0.717, 1.165) is 0 Å². The second-order valence-corrected chi connectivity index (χ2v) is 18.6. The summed E-state index contributed by atoms with van der Waals surface area (Å²) in [4.78, 5) is 0. The van der Waals surface area contributed by atoms with Crippen LogP contribution in [0.25, 0.3) is 70.9 Å². The molecule has 0 unspecified atom stereocenters. The van der Waals surface area contributed by atoms with Crippen LogP contribution in [0.5, 0.6) is 0 Å². The standard InChI is InChI=1S/C54H37NSi/c1-5-19-38(20-6-1)43-27-17-18-32-50(43)55-51-35-33-42(56(39-21-7-2-8-22-39,40-23-9-3-10-24-40)41-25-11-4-12-26-41)37-49(51)54-52(55)36-34-48-46-30-14-13-28-44(46)45-29-15-16-31-47(45)53(48)54/h1-37H. The van der Waals surface area contributed by atoms with E-state index in [1.54, 1.807) is 0 Å². The van der Waals surface area contributed by atoms with Crippen LogP contribution in [-0.4, -0.2) is 12.6 Å². The quantitative estimate of drug-likeness (QED) is 0.0913. The van der Waals surface area contributed by atoms with Gasteiger partial charge in [-0.15, -0.1) is 0 Å². The normalized spacial score (nSPS) is 11.9. The van der Waals surface area contributed by atoms with Gasteiger partial charge in [0.15, 0.2) is 8.07 Å². The molecule has 0 saturated heterocycles. The Hall–Kier alpha value is -7.00. The highest BCUT2D eigenvalue weighted by Gasteiger charge is 2.41. The third kappa shape index (κ3) is 4.80. The van der Waals surface area contributed by atoms with E-state index < -0.39 is 8.07 Å². The van der Waals surface area contributed by atoms with Crippen LogP contribution >= 0.6 is 0 Å². The molecule has 11 aromatic rings. The summed E-state index contributed by atoms with van der Waals surface area (Å²) >= 11 is 0. The fraction of sp³-hybridized carbons (Fsp3) is 0. The van der Waals surface area contributed by atoms with E-state index in [1.165, 1.54) is 91.7 Å². The molecule has 1 heterocycles. The van der Waals surface area contributed by atoms with Crippen molar-refractivity contribution in [3.8, 4) is 16.8 Å². The Morgan fingerprint density at radius 2 is 0.732 bits per heavy atom. The van der Waals surface area contributed by atoms with Gasteiger partial charge in [-0.05, 0) is 71.4 Å². The molecule has 0 saturated carbocycles. The van der Waals surface area contributed by atoms with Crippen molar-refractivity contribution in [1.82, 2.24) is 4.57 Å². The van der Waals surface area contributed by atoms with Gasteiger partial charge in [0, 0.05) is 21.7 Å². The molecule has 1 aromatic heterocycles. The molecule has 0 amide bonds. The number of fused-ring (bicyclic) bond motifs is 10. The average Bonchev–Trinajstić information content (AvgIpc) is 3.62. The number of para-hydroxylation sites is 1. The molecule has 0 aliphatic heterocycles. The Labute approximate surface area is 327 Å². The molecule has 0 bridgehead atoms. The third-order valence-electron chi connectivity index (χ3n) is 11.9. The van der Waals surface area contributed by atoms with Crippen LogP contribution in [0.15, 0.2) is 224 Å². The minimum Gasteiger partial charge on any atom is -0.309 e. The van der Waals surface area contributed by atoms with Crippen molar-refractivity contribution in [2.75, 3.05) is 0 Å². The fourth-order valence-electron chi connectivity index (χ4n) is 9.59. The summed E-state index contributed by atoms with van der Waals surface area (Å²) in [5, 5.41) is 15.8. The number of hydrogen-bond donors (Lipinski definition) is 0. The maximum atomic E-state index is 2.57. The summed E-state index contributed by atoms with van der Waals surface area (Å²) in [5.41, 5.74) is 6.00. The lowest BCUT2D eigenvalue weighted by molar-refractivity contribution is 1.18. The lowest BCUT2D eigenvalue weighted by atomic mass is 9.92. The Kier molecular flexibility index (Phi) is 7.58. The fourth-order valence-corrected chi connectivity index (χ4v) is 14.4. The molecule has 0 aliphatic carbocycles. The number of hydrogen-bond acceptors (Lipinski definition) is 0. The summed E-state index contributed by atoms with van der Waals surface area (Å²) < 4.78 is 2.52. The van der Waals surface area contributed by atoms with E-state index in [4.69, 9.17) is 0 Å². The SMILES string of the molecule is c1ccc(-c2ccccc2-n2c3ccc([Si](c4ccccc4)(c4ccccc4)c4ccccc4)cc3c3c4c5ccccc5c5ccccc5c4ccc32)cc1. The highest BCUT2D eigenvalue weighted by molar-refractivity contribution is 7.20. The summed E-state index contributed by atoms with van der Waals surface area (Å²) in [7, 11) is -2.81. The topological polar surface area (TPSA) is 4.93 Å². The molecular formula is C54H37NSi. The predicted octanol–water partition coefficient (Wildman–Crippen LogP) is 11.3. The number of aromatic nitrogens is 1. The number of benzene rings is 10. The minimum atomic E-state index is -2.81. The molecule has 56 heavy (non-hydrogen) atoms. The van der Waals surface area contributed by atoms with Gasteiger partial charge in [0.05, 0.1) is 16.7 Å². The second-order valence-electron chi connectivity index (χ2n) is 14.8. The zero-order valence-corrected chi connectivity index (χ0v) is 31.8. The van der Waals surface area contributed by atoms with Gasteiger partial charge in [-0.1, -0.05) is 206 Å². The van der Waals surface area contributed by atoms with Crippen molar-refractivity contribution in [3.05, 3.63) is 224 Å². The van der Waals surface area contributed by atoms with E-state index in [0.29, 0.717) is 0 Å². The Bertz CT molecular complexity index is 3090. The van der Waals surface area contributed by atoms with Crippen molar-refractivity contribution in [2.45, 2.75) is 0 Å². The van der Waals surface area contributed by atoms with Crippen molar-refractivity contribution >= 4 is 82.9 Å². The molecule has 11 rings (SSSR count). The van der Waals surface area contributed by atoms with Gasteiger partial charge < -0.3 is 4.57 Å². The predicted molar refractivity (Wildman–Crippen MR) is 242 cm³/mol. The summed E-state index contributed by atoms with van der Waals surface area (Å²) in [5.74, 6) is 0. The first kappa shape index (κ1) is 32.4. The molecule has 10 aromatic carbocycles. The van der Waals surface area contributed by atoms with E-state index in [2.05, 4.69) is 229 Å². The monoisotopic (exact) mass is 727 g/mol. The Morgan fingerprint density at radius 1 is 0.286 bits per heavy atom. The maximum Gasteiger partial charge on any atom is 0.179 e. The van der Waals surface area contributed by atoms with Crippen molar-refractivity contribution in [1.29, 1.82) is 0 Å². The Morgan fingerprint density at radius 3 is 1.32 bits per heavy atom. The molecule has 0 radical (unpaired) electrons. The van der Waals surface area contributed by atoms with Crippen LogP contribution in [0.2, 0.25) is 0 Å². The van der Waals surface area contributed by atoms with Gasteiger partial charge in [-0.2, -0.15) is 0 Å². The molecule has 262 valence electrons. The van der Waals surface area contributed by atoms with E-state index in [-0.39, 0.29) is 0 Å². The van der Waals surface area contributed by atoms with E-state index >= 15 is 0 Å². The van der Waals surface area contributed by atoms with Gasteiger partial charge >= 0.3 is 0 Å². The first-order valence-corrected chi connectivity index (χ1v) is 21.4. The molecule has 1 nitrogen and oxygen atoms in total. The smallest absolute Gasteiger partial charge is 0.179 e. The lowest BCUT2D eigenvalue weighted by Crippen LogP contribution is -2.74. The summed E-state index contributed by atoms with van der Waals surface area (Å²) in [6, 6.07) is 83.5. The van der Waals surface area contributed by atoms with Gasteiger partial charge in [-0.25, -0.2) is 0 Å². The second kappa shape index (κ2) is 13.1. The van der Waals surface area contributed by atoms with E-state index in [9.17, 15) is 0 Å². The minimum absolute atomic E-state index is 1.17. The Balaban J connectivity index is 1.35. The van der Waals surface area contributed by atoms with Crippen LogP contribution in [0.1, 0.15) is 0 Å². The zero-order valence-electron chi connectivity index (χ0n) is 30.8. The van der Waals surface area contributed by atoms with Crippen LogP contribution < -0.4 is 20.7 Å². The first-order valence-electron chi connectivity index (χ1n) is 19.4. The highest BCUT2D eigenvalue weighted by Crippen LogP contribution is 2.44. The molecule has 0 atom stereocenters. The van der Waals surface area contributed by atoms with Crippen LogP contribution in [0.4, 0.5) is 0 Å². The van der Waals surface area contributed by atoms with Crippen molar-refractivity contribution in [2.24, 2.45) is 0 Å². The van der Waals surface area contributed by atoms with Gasteiger partial charge in [0.1, 0.15) is 0 Å². The molecule has 0 N–H and O–H groups in total. The largest absolute Gasteiger partial charge is 0.309 e.